The van der Waals surface area contributed by atoms with E-state index in [0.29, 0.717) is 30.8 Å². The van der Waals surface area contributed by atoms with Gasteiger partial charge in [0.15, 0.2) is 5.79 Å². The van der Waals surface area contributed by atoms with E-state index in [1.54, 1.807) is 0 Å². The molecule has 0 radical (unpaired) electrons. The topological polar surface area (TPSA) is 35.5 Å². The highest BCUT2D eigenvalue weighted by atomic mass is 16.7. The number of ether oxygens (including phenoxy) is 2. The number of hydrogen-bond donors (Lipinski definition) is 0. The molecular formula is C14H20O3. The van der Waals surface area contributed by atoms with Gasteiger partial charge in [-0.3, -0.25) is 4.79 Å². The Morgan fingerprint density at radius 2 is 1.76 bits per heavy atom. The van der Waals surface area contributed by atoms with Gasteiger partial charge in [0.25, 0.3) is 0 Å². The fraction of sp³-hybridized carbons (Fsp3) is 0.929. The van der Waals surface area contributed by atoms with E-state index in [9.17, 15) is 4.79 Å². The van der Waals surface area contributed by atoms with Crippen LogP contribution < -0.4 is 0 Å². The van der Waals surface area contributed by atoms with Crippen molar-refractivity contribution < 1.29 is 14.3 Å². The van der Waals surface area contributed by atoms with Crippen molar-refractivity contribution in [2.24, 2.45) is 17.3 Å². The summed E-state index contributed by atoms with van der Waals surface area (Å²) >= 11 is 0. The number of carbonyl (C=O) groups is 1. The van der Waals surface area contributed by atoms with Gasteiger partial charge < -0.3 is 9.47 Å². The molecule has 2 spiro atoms. The van der Waals surface area contributed by atoms with Crippen LogP contribution in [0.4, 0.5) is 0 Å². The third-order valence-electron chi connectivity index (χ3n) is 5.66. The Bertz CT molecular complexity index is 352. The molecule has 4 saturated carbocycles. The van der Waals surface area contributed by atoms with Crippen LogP contribution in [0.15, 0.2) is 0 Å². The standard InChI is InChI=1S/C14H20O3/c15-12-9-10-7-11(8-10)13(12)3-1-2-4-14(13)16-5-6-17-14/h10-11H,1-9H2. The summed E-state index contributed by atoms with van der Waals surface area (Å²) < 4.78 is 12.0. The maximum Gasteiger partial charge on any atom is 0.181 e. The zero-order valence-electron chi connectivity index (χ0n) is 10.2. The van der Waals surface area contributed by atoms with Gasteiger partial charge in [-0.15, -0.1) is 0 Å². The first-order valence-electron chi connectivity index (χ1n) is 7.08. The van der Waals surface area contributed by atoms with Crippen molar-refractivity contribution in [3.05, 3.63) is 0 Å². The Hall–Kier alpha value is -0.410. The molecule has 0 N–H and O–H groups in total. The lowest BCUT2D eigenvalue weighted by Crippen LogP contribution is -2.65. The maximum absolute atomic E-state index is 12.6. The lowest BCUT2D eigenvalue weighted by atomic mass is 9.46. The molecule has 5 rings (SSSR count). The van der Waals surface area contributed by atoms with E-state index in [1.807, 2.05) is 0 Å². The summed E-state index contributed by atoms with van der Waals surface area (Å²) in [7, 11) is 0. The van der Waals surface area contributed by atoms with Gasteiger partial charge in [0.05, 0.1) is 18.6 Å². The van der Waals surface area contributed by atoms with Crippen LogP contribution in [0.1, 0.15) is 44.9 Å². The van der Waals surface area contributed by atoms with Gasteiger partial charge in [0, 0.05) is 12.8 Å². The van der Waals surface area contributed by atoms with Crippen molar-refractivity contribution in [1.29, 1.82) is 0 Å². The number of fused-ring (bicyclic) bond motifs is 1. The summed E-state index contributed by atoms with van der Waals surface area (Å²) in [4.78, 5) is 12.6. The lowest BCUT2D eigenvalue weighted by Gasteiger charge is -2.61. The average molecular weight is 236 g/mol. The minimum atomic E-state index is -0.529. The van der Waals surface area contributed by atoms with Gasteiger partial charge >= 0.3 is 0 Å². The zero-order valence-corrected chi connectivity index (χ0v) is 10.2. The van der Waals surface area contributed by atoms with Crippen LogP contribution in [0.25, 0.3) is 0 Å². The first-order valence-corrected chi connectivity index (χ1v) is 7.08. The normalized spacial score (nSPS) is 47.4. The second-order valence-corrected chi connectivity index (χ2v) is 6.29. The van der Waals surface area contributed by atoms with Gasteiger partial charge in [0.1, 0.15) is 5.78 Å². The highest BCUT2D eigenvalue weighted by Crippen LogP contribution is 2.64. The van der Waals surface area contributed by atoms with Crippen molar-refractivity contribution in [2.45, 2.75) is 50.7 Å². The van der Waals surface area contributed by atoms with E-state index >= 15 is 0 Å². The molecular weight excluding hydrogens is 216 g/mol. The number of Topliss-reactive ketones (excluding diaryl/α,β-unsaturated/α-hetero) is 1. The molecule has 2 bridgehead atoms. The zero-order chi connectivity index (χ0) is 11.5. The quantitative estimate of drug-likeness (QED) is 0.647. The molecule has 17 heavy (non-hydrogen) atoms. The molecule has 1 atom stereocenters. The van der Waals surface area contributed by atoms with Gasteiger partial charge in [-0.25, -0.2) is 0 Å². The highest BCUT2D eigenvalue weighted by Gasteiger charge is 2.68. The average Bonchev–Trinajstić information content (AvgIpc) is 2.74. The number of ketones is 1. The molecule has 4 aliphatic carbocycles. The van der Waals surface area contributed by atoms with Crippen LogP contribution in [-0.2, 0) is 14.3 Å². The predicted octanol–water partition coefficient (Wildman–Crippen LogP) is 2.29. The fourth-order valence-corrected chi connectivity index (χ4v) is 4.88. The van der Waals surface area contributed by atoms with Crippen molar-refractivity contribution in [3.63, 3.8) is 0 Å². The van der Waals surface area contributed by atoms with E-state index < -0.39 is 5.79 Å². The monoisotopic (exact) mass is 236 g/mol. The van der Waals surface area contributed by atoms with Crippen molar-refractivity contribution in [1.82, 2.24) is 0 Å². The van der Waals surface area contributed by atoms with E-state index in [1.165, 1.54) is 19.3 Å². The van der Waals surface area contributed by atoms with Crippen LogP contribution >= 0.6 is 0 Å². The van der Waals surface area contributed by atoms with E-state index in [2.05, 4.69) is 0 Å². The third kappa shape index (κ3) is 1.13. The lowest BCUT2D eigenvalue weighted by molar-refractivity contribution is -0.281. The summed E-state index contributed by atoms with van der Waals surface area (Å²) in [5.74, 6) is 1.15. The second kappa shape index (κ2) is 3.33. The predicted molar refractivity (Wildman–Crippen MR) is 61.4 cm³/mol. The SMILES string of the molecule is O=C1CC2CC(C2)C12CCCCC21OCCO1. The first kappa shape index (κ1) is 10.5. The fourth-order valence-electron chi connectivity index (χ4n) is 4.88. The smallest absolute Gasteiger partial charge is 0.181 e. The number of hydrogen-bond acceptors (Lipinski definition) is 3. The maximum atomic E-state index is 12.6. The molecule has 94 valence electrons. The largest absolute Gasteiger partial charge is 0.346 e. The third-order valence-corrected chi connectivity index (χ3v) is 5.66. The van der Waals surface area contributed by atoms with Gasteiger partial charge in [-0.05, 0) is 37.5 Å². The first-order chi connectivity index (χ1) is 8.27. The highest BCUT2D eigenvalue weighted by molar-refractivity contribution is 5.88. The summed E-state index contributed by atoms with van der Waals surface area (Å²) in [6.45, 7) is 1.34. The Morgan fingerprint density at radius 1 is 1.06 bits per heavy atom. The molecule has 0 aromatic heterocycles. The minimum absolute atomic E-state index is 0.267. The molecule has 0 amide bonds. The molecule has 3 nitrogen and oxygen atoms in total. The van der Waals surface area contributed by atoms with Crippen molar-refractivity contribution in [2.75, 3.05) is 13.2 Å². The summed E-state index contributed by atoms with van der Waals surface area (Å²) in [6, 6.07) is 0. The molecule has 0 aromatic rings. The Labute approximate surface area is 102 Å². The van der Waals surface area contributed by atoms with Gasteiger partial charge in [-0.1, -0.05) is 6.42 Å². The second-order valence-electron chi connectivity index (χ2n) is 6.29. The summed E-state index contributed by atoms with van der Waals surface area (Å²) in [5.41, 5.74) is -0.267. The Balaban J connectivity index is 1.79. The van der Waals surface area contributed by atoms with Gasteiger partial charge in [0.2, 0.25) is 0 Å². The summed E-state index contributed by atoms with van der Waals surface area (Å²) in [6.07, 6.45) is 7.50. The van der Waals surface area contributed by atoms with Crippen LogP contribution in [0.5, 0.6) is 0 Å². The van der Waals surface area contributed by atoms with Crippen LogP contribution in [-0.4, -0.2) is 24.8 Å². The van der Waals surface area contributed by atoms with Crippen LogP contribution in [0, 0.1) is 17.3 Å². The van der Waals surface area contributed by atoms with Crippen molar-refractivity contribution in [3.8, 4) is 0 Å². The number of carbonyl (C=O) groups excluding carboxylic acids is 1. The van der Waals surface area contributed by atoms with E-state index in [-0.39, 0.29) is 5.41 Å². The van der Waals surface area contributed by atoms with E-state index in [4.69, 9.17) is 9.47 Å². The summed E-state index contributed by atoms with van der Waals surface area (Å²) in [5, 5.41) is 0. The molecule has 1 unspecified atom stereocenters. The van der Waals surface area contributed by atoms with Crippen molar-refractivity contribution >= 4 is 5.78 Å². The molecule has 1 aliphatic heterocycles. The van der Waals surface area contributed by atoms with Gasteiger partial charge in [-0.2, -0.15) is 0 Å². The molecule has 3 heteroatoms. The molecule has 5 aliphatic rings. The molecule has 0 aromatic carbocycles. The van der Waals surface area contributed by atoms with Crippen LogP contribution in [0.3, 0.4) is 0 Å². The molecule has 1 saturated heterocycles. The number of rotatable bonds is 0. The minimum Gasteiger partial charge on any atom is -0.346 e. The Kier molecular flexibility index (Phi) is 2.06. The Morgan fingerprint density at radius 3 is 2.47 bits per heavy atom. The van der Waals surface area contributed by atoms with E-state index in [0.717, 1.165) is 25.7 Å². The molecule has 5 fully saturated rings. The molecule has 1 heterocycles. The van der Waals surface area contributed by atoms with Crippen LogP contribution in [0.2, 0.25) is 0 Å².